The number of furan rings is 1. The van der Waals surface area contributed by atoms with Crippen LogP contribution in [0.4, 0.5) is 0 Å². The maximum absolute atomic E-state index is 12.8. The van der Waals surface area contributed by atoms with Crippen LogP contribution >= 0.6 is 0 Å². The molecule has 26 heavy (non-hydrogen) atoms. The van der Waals surface area contributed by atoms with Gasteiger partial charge in [-0.15, -0.1) is 0 Å². The second-order valence-corrected chi connectivity index (χ2v) is 7.15. The van der Waals surface area contributed by atoms with Crippen molar-refractivity contribution in [2.75, 3.05) is 13.1 Å². The molecule has 2 heterocycles. The minimum Gasteiger partial charge on any atom is -0.466 e. The van der Waals surface area contributed by atoms with Crippen LogP contribution in [0, 0.1) is 13.8 Å². The van der Waals surface area contributed by atoms with Gasteiger partial charge in [0.25, 0.3) is 5.91 Å². The first-order chi connectivity index (χ1) is 12.5. The standard InChI is InChI=1S/C22H23NO3/c1-14-11-20(15(2)26-14)22(25)23-10-9-19(21(24)13-23)18-8-7-16-5-3-4-6-17(16)12-18/h3-8,11-12,19,21,24H,9-10,13H2,1-2H3/t19-,21+/m1/s1. The summed E-state index contributed by atoms with van der Waals surface area (Å²) in [6.07, 6.45) is 0.184. The molecule has 4 rings (SSSR count). The summed E-state index contributed by atoms with van der Waals surface area (Å²) in [6.45, 7) is 4.63. The lowest BCUT2D eigenvalue weighted by molar-refractivity contribution is 0.0381. The van der Waals surface area contributed by atoms with E-state index in [2.05, 4.69) is 30.3 Å². The second kappa shape index (κ2) is 6.61. The molecule has 1 amide bonds. The van der Waals surface area contributed by atoms with E-state index < -0.39 is 6.10 Å². The smallest absolute Gasteiger partial charge is 0.257 e. The highest BCUT2D eigenvalue weighted by Gasteiger charge is 2.32. The highest BCUT2D eigenvalue weighted by Crippen LogP contribution is 2.31. The number of aliphatic hydroxyl groups excluding tert-OH is 1. The number of amides is 1. The molecule has 1 aliphatic heterocycles. The molecule has 2 aromatic carbocycles. The summed E-state index contributed by atoms with van der Waals surface area (Å²) >= 11 is 0. The number of carbonyl (C=O) groups is 1. The molecule has 0 radical (unpaired) electrons. The van der Waals surface area contributed by atoms with Crippen molar-refractivity contribution in [2.45, 2.75) is 32.3 Å². The number of aryl methyl sites for hydroxylation is 2. The molecule has 0 spiro atoms. The predicted octanol–water partition coefficient (Wildman–Crippen LogP) is 4.04. The molecule has 3 aromatic rings. The van der Waals surface area contributed by atoms with Crippen LogP contribution < -0.4 is 0 Å². The van der Waals surface area contributed by atoms with Gasteiger partial charge in [-0.25, -0.2) is 0 Å². The molecule has 134 valence electrons. The molecule has 1 aromatic heterocycles. The van der Waals surface area contributed by atoms with Crippen LogP contribution in [0.2, 0.25) is 0 Å². The van der Waals surface area contributed by atoms with E-state index in [4.69, 9.17) is 4.42 Å². The Bertz CT molecular complexity index is 959. The van der Waals surface area contributed by atoms with Gasteiger partial charge in [-0.1, -0.05) is 42.5 Å². The molecule has 2 atom stereocenters. The maximum atomic E-state index is 12.8. The summed E-state index contributed by atoms with van der Waals surface area (Å²) in [6, 6.07) is 16.4. The van der Waals surface area contributed by atoms with E-state index in [0.717, 1.165) is 17.7 Å². The fourth-order valence-electron chi connectivity index (χ4n) is 3.96. The number of carbonyl (C=O) groups excluding carboxylic acids is 1. The lowest BCUT2D eigenvalue weighted by Gasteiger charge is -2.36. The Hall–Kier alpha value is -2.59. The summed E-state index contributed by atoms with van der Waals surface area (Å²) in [7, 11) is 0. The van der Waals surface area contributed by atoms with Crippen molar-refractivity contribution >= 4 is 16.7 Å². The van der Waals surface area contributed by atoms with Gasteiger partial charge in [-0.2, -0.15) is 0 Å². The van der Waals surface area contributed by atoms with Crippen molar-refractivity contribution < 1.29 is 14.3 Å². The van der Waals surface area contributed by atoms with E-state index in [1.165, 1.54) is 10.8 Å². The van der Waals surface area contributed by atoms with E-state index in [1.54, 1.807) is 17.9 Å². The summed E-state index contributed by atoms with van der Waals surface area (Å²) in [5.74, 6) is 1.36. The zero-order valence-corrected chi connectivity index (χ0v) is 15.1. The molecule has 1 aliphatic rings. The summed E-state index contributed by atoms with van der Waals surface area (Å²) in [5, 5.41) is 13.1. The Morgan fingerprint density at radius 2 is 1.88 bits per heavy atom. The van der Waals surface area contributed by atoms with Crippen molar-refractivity contribution in [1.29, 1.82) is 0 Å². The van der Waals surface area contributed by atoms with Crippen LogP contribution in [-0.2, 0) is 0 Å². The van der Waals surface area contributed by atoms with E-state index in [-0.39, 0.29) is 11.8 Å². The van der Waals surface area contributed by atoms with Gasteiger partial charge in [0, 0.05) is 19.0 Å². The molecule has 0 aliphatic carbocycles. The molecule has 0 bridgehead atoms. The third-order valence-electron chi connectivity index (χ3n) is 5.34. The SMILES string of the molecule is Cc1cc(C(=O)N2CC[C@H](c3ccc4ccccc4c3)[C@@H](O)C2)c(C)o1. The number of nitrogens with zero attached hydrogens (tertiary/aromatic N) is 1. The first-order valence-electron chi connectivity index (χ1n) is 9.06. The van der Waals surface area contributed by atoms with Crippen molar-refractivity contribution in [3.8, 4) is 0 Å². The van der Waals surface area contributed by atoms with Crippen molar-refractivity contribution in [1.82, 2.24) is 4.90 Å². The fraction of sp³-hybridized carbons (Fsp3) is 0.318. The quantitative estimate of drug-likeness (QED) is 0.760. The third-order valence-corrected chi connectivity index (χ3v) is 5.34. The predicted molar refractivity (Wildman–Crippen MR) is 101 cm³/mol. The van der Waals surface area contributed by atoms with Crippen LogP contribution in [0.15, 0.2) is 52.9 Å². The molecule has 4 nitrogen and oxygen atoms in total. The molecular weight excluding hydrogens is 326 g/mol. The zero-order valence-electron chi connectivity index (χ0n) is 15.1. The summed E-state index contributed by atoms with van der Waals surface area (Å²) in [4.78, 5) is 14.5. The van der Waals surface area contributed by atoms with E-state index in [9.17, 15) is 9.90 Å². The number of β-amino-alcohol motifs (C(OH)–C–C–N with tert-alkyl or cyclic N) is 1. The van der Waals surface area contributed by atoms with Crippen LogP contribution in [0.1, 0.15) is 39.8 Å². The molecule has 1 fully saturated rings. The monoisotopic (exact) mass is 349 g/mol. The van der Waals surface area contributed by atoms with E-state index in [1.807, 2.05) is 19.1 Å². The first kappa shape index (κ1) is 16.9. The van der Waals surface area contributed by atoms with E-state index in [0.29, 0.717) is 24.4 Å². The number of rotatable bonds is 2. The van der Waals surface area contributed by atoms with E-state index >= 15 is 0 Å². The Labute approximate surface area is 153 Å². The normalized spacial score (nSPS) is 20.5. The third kappa shape index (κ3) is 3.01. The lowest BCUT2D eigenvalue weighted by atomic mass is 9.86. The number of hydrogen-bond donors (Lipinski definition) is 1. The number of likely N-dealkylation sites (tertiary alicyclic amines) is 1. The second-order valence-electron chi connectivity index (χ2n) is 7.15. The minimum atomic E-state index is -0.567. The number of hydrogen-bond acceptors (Lipinski definition) is 3. The van der Waals surface area contributed by atoms with Crippen molar-refractivity contribution in [3.05, 3.63) is 71.2 Å². The number of aliphatic hydroxyl groups is 1. The van der Waals surface area contributed by atoms with Gasteiger partial charge in [-0.05, 0) is 42.7 Å². The summed E-state index contributed by atoms with van der Waals surface area (Å²) in [5.41, 5.74) is 1.73. The van der Waals surface area contributed by atoms with Crippen LogP contribution in [0.5, 0.6) is 0 Å². The topological polar surface area (TPSA) is 53.7 Å². The van der Waals surface area contributed by atoms with Gasteiger partial charge in [0.2, 0.25) is 0 Å². The molecular formula is C22H23NO3. The van der Waals surface area contributed by atoms with Gasteiger partial charge in [0.05, 0.1) is 11.7 Å². The number of benzene rings is 2. The average Bonchev–Trinajstić information content (AvgIpc) is 2.98. The first-order valence-corrected chi connectivity index (χ1v) is 9.06. The largest absolute Gasteiger partial charge is 0.466 e. The molecule has 0 unspecified atom stereocenters. The average molecular weight is 349 g/mol. The molecule has 1 saturated heterocycles. The fourth-order valence-corrected chi connectivity index (χ4v) is 3.96. The van der Waals surface area contributed by atoms with Gasteiger partial charge in [0.1, 0.15) is 11.5 Å². The number of piperidine rings is 1. The zero-order chi connectivity index (χ0) is 18.3. The maximum Gasteiger partial charge on any atom is 0.257 e. The van der Waals surface area contributed by atoms with Crippen molar-refractivity contribution in [2.24, 2.45) is 0 Å². The highest BCUT2D eigenvalue weighted by molar-refractivity contribution is 5.95. The van der Waals surface area contributed by atoms with Gasteiger partial charge in [0.15, 0.2) is 0 Å². The van der Waals surface area contributed by atoms with Crippen LogP contribution in [0.3, 0.4) is 0 Å². The number of fused-ring (bicyclic) bond motifs is 1. The molecule has 1 N–H and O–H groups in total. The lowest BCUT2D eigenvalue weighted by Crippen LogP contribution is -2.45. The Morgan fingerprint density at radius 1 is 1.12 bits per heavy atom. The van der Waals surface area contributed by atoms with Gasteiger partial charge in [-0.3, -0.25) is 4.79 Å². The highest BCUT2D eigenvalue weighted by atomic mass is 16.3. The Morgan fingerprint density at radius 3 is 2.58 bits per heavy atom. The van der Waals surface area contributed by atoms with Crippen LogP contribution in [-0.4, -0.2) is 35.1 Å². The van der Waals surface area contributed by atoms with Crippen LogP contribution in [0.25, 0.3) is 10.8 Å². The summed E-state index contributed by atoms with van der Waals surface area (Å²) < 4.78 is 5.47. The Kier molecular flexibility index (Phi) is 4.29. The van der Waals surface area contributed by atoms with Gasteiger partial charge < -0.3 is 14.4 Å². The van der Waals surface area contributed by atoms with Gasteiger partial charge >= 0.3 is 0 Å². The van der Waals surface area contributed by atoms with Crippen molar-refractivity contribution in [3.63, 3.8) is 0 Å². The molecule has 0 saturated carbocycles. The molecule has 4 heteroatoms. The minimum absolute atomic E-state index is 0.0517. The Balaban J connectivity index is 1.52.